The topological polar surface area (TPSA) is 64.4 Å². The standard InChI is InChI=1S/C25H23FN2O3/c1-15(20-10-6-7-11-23(20)26)27-25(29)21-12-18-8-4-5-9-19(18)13-24(21)30-14-22-16(2)28-31-17(22)3/h4-13,15H,14H2,1-3H3,(H,27,29)/t15-/m1/s1. The Morgan fingerprint density at radius 1 is 1.10 bits per heavy atom. The first-order valence-electron chi connectivity index (χ1n) is 10.1. The molecule has 1 amide bonds. The maximum absolute atomic E-state index is 14.1. The molecule has 0 bridgehead atoms. The van der Waals surface area contributed by atoms with Crippen LogP contribution in [0.4, 0.5) is 4.39 Å². The molecule has 0 unspecified atom stereocenters. The highest BCUT2D eigenvalue weighted by atomic mass is 19.1. The first kappa shape index (κ1) is 20.6. The van der Waals surface area contributed by atoms with Crippen molar-refractivity contribution in [2.45, 2.75) is 33.4 Å². The minimum Gasteiger partial charge on any atom is -0.488 e. The van der Waals surface area contributed by atoms with Crippen LogP contribution in [0.1, 0.15) is 45.9 Å². The largest absolute Gasteiger partial charge is 0.488 e. The second-order valence-electron chi connectivity index (χ2n) is 7.50. The number of aromatic nitrogens is 1. The summed E-state index contributed by atoms with van der Waals surface area (Å²) in [4.78, 5) is 13.2. The van der Waals surface area contributed by atoms with Crippen LogP contribution in [0.3, 0.4) is 0 Å². The third-order valence-corrected chi connectivity index (χ3v) is 5.37. The van der Waals surface area contributed by atoms with Crippen LogP contribution in [-0.2, 0) is 6.61 Å². The molecule has 1 aromatic heterocycles. The number of fused-ring (bicyclic) bond motifs is 1. The molecular formula is C25H23FN2O3. The molecule has 0 saturated carbocycles. The fourth-order valence-electron chi connectivity index (χ4n) is 3.55. The molecule has 0 aliphatic carbocycles. The molecule has 1 heterocycles. The van der Waals surface area contributed by atoms with E-state index in [0.717, 1.165) is 22.0 Å². The first-order valence-corrected chi connectivity index (χ1v) is 10.1. The molecule has 0 aliphatic rings. The van der Waals surface area contributed by atoms with Crippen LogP contribution in [0, 0.1) is 19.7 Å². The molecule has 4 aromatic rings. The Balaban J connectivity index is 1.65. The lowest BCUT2D eigenvalue weighted by Crippen LogP contribution is -2.27. The zero-order valence-corrected chi connectivity index (χ0v) is 17.6. The van der Waals surface area contributed by atoms with Crippen molar-refractivity contribution >= 4 is 16.7 Å². The van der Waals surface area contributed by atoms with E-state index in [9.17, 15) is 9.18 Å². The van der Waals surface area contributed by atoms with Gasteiger partial charge in [-0.25, -0.2) is 4.39 Å². The van der Waals surface area contributed by atoms with Gasteiger partial charge in [-0.05, 0) is 49.7 Å². The van der Waals surface area contributed by atoms with Crippen molar-refractivity contribution in [1.29, 1.82) is 0 Å². The highest BCUT2D eigenvalue weighted by molar-refractivity contribution is 6.01. The number of halogens is 1. The van der Waals surface area contributed by atoms with Gasteiger partial charge in [0, 0.05) is 5.56 Å². The molecule has 1 atom stereocenters. The third-order valence-electron chi connectivity index (χ3n) is 5.37. The Morgan fingerprint density at radius 2 is 1.77 bits per heavy atom. The summed E-state index contributed by atoms with van der Waals surface area (Å²) in [5.41, 5.74) is 2.40. The predicted octanol–water partition coefficient (Wildman–Crippen LogP) is 5.65. The van der Waals surface area contributed by atoms with E-state index >= 15 is 0 Å². The van der Waals surface area contributed by atoms with Gasteiger partial charge in [-0.15, -0.1) is 0 Å². The normalized spacial score (nSPS) is 12.0. The molecule has 0 aliphatic heterocycles. The minimum atomic E-state index is -0.504. The summed E-state index contributed by atoms with van der Waals surface area (Å²) in [7, 11) is 0. The van der Waals surface area contributed by atoms with E-state index in [1.54, 1.807) is 31.2 Å². The Labute approximate surface area is 179 Å². The molecule has 0 fully saturated rings. The van der Waals surface area contributed by atoms with Gasteiger partial charge in [0.2, 0.25) is 0 Å². The Kier molecular flexibility index (Phi) is 5.71. The predicted molar refractivity (Wildman–Crippen MR) is 117 cm³/mol. The van der Waals surface area contributed by atoms with E-state index in [-0.39, 0.29) is 18.3 Å². The molecule has 1 N–H and O–H groups in total. The molecule has 0 radical (unpaired) electrons. The highest BCUT2D eigenvalue weighted by Gasteiger charge is 2.19. The number of carbonyl (C=O) groups excluding carboxylic acids is 1. The van der Waals surface area contributed by atoms with E-state index in [0.29, 0.717) is 22.6 Å². The van der Waals surface area contributed by atoms with E-state index in [1.807, 2.05) is 44.2 Å². The number of aryl methyl sites for hydroxylation is 2. The van der Waals surface area contributed by atoms with Crippen LogP contribution < -0.4 is 10.1 Å². The zero-order valence-electron chi connectivity index (χ0n) is 17.6. The average molecular weight is 418 g/mol. The maximum atomic E-state index is 14.1. The lowest BCUT2D eigenvalue weighted by molar-refractivity contribution is 0.0935. The summed E-state index contributed by atoms with van der Waals surface area (Å²) in [6.07, 6.45) is 0. The number of nitrogens with one attached hydrogen (secondary N) is 1. The summed E-state index contributed by atoms with van der Waals surface area (Å²) in [5.74, 6) is 0.424. The number of hydrogen-bond acceptors (Lipinski definition) is 4. The summed E-state index contributed by atoms with van der Waals surface area (Å²) < 4.78 is 25.4. The first-order chi connectivity index (χ1) is 14.9. The van der Waals surface area contributed by atoms with Crippen LogP contribution in [-0.4, -0.2) is 11.1 Å². The van der Waals surface area contributed by atoms with Crippen LogP contribution >= 0.6 is 0 Å². The molecular weight excluding hydrogens is 395 g/mol. The maximum Gasteiger partial charge on any atom is 0.255 e. The summed E-state index contributed by atoms with van der Waals surface area (Å²) in [6.45, 7) is 5.65. The van der Waals surface area contributed by atoms with Gasteiger partial charge in [0.1, 0.15) is 23.9 Å². The Bertz CT molecular complexity index is 1230. The van der Waals surface area contributed by atoms with E-state index in [1.165, 1.54) is 6.07 Å². The van der Waals surface area contributed by atoms with Crippen molar-refractivity contribution < 1.29 is 18.4 Å². The van der Waals surface area contributed by atoms with Crippen molar-refractivity contribution in [3.63, 3.8) is 0 Å². The molecule has 5 nitrogen and oxygen atoms in total. The Morgan fingerprint density at radius 3 is 2.45 bits per heavy atom. The van der Waals surface area contributed by atoms with Crippen molar-refractivity contribution in [2.24, 2.45) is 0 Å². The van der Waals surface area contributed by atoms with E-state index < -0.39 is 6.04 Å². The fourth-order valence-corrected chi connectivity index (χ4v) is 3.55. The number of nitrogens with zero attached hydrogens (tertiary/aromatic N) is 1. The third kappa shape index (κ3) is 4.28. The number of benzene rings is 3. The average Bonchev–Trinajstić information content (AvgIpc) is 3.09. The molecule has 0 saturated heterocycles. The van der Waals surface area contributed by atoms with Gasteiger partial charge in [-0.1, -0.05) is 47.6 Å². The lowest BCUT2D eigenvalue weighted by atomic mass is 10.0. The van der Waals surface area contributed by atoms with Gasteiger partial charge in [0.25, 0.3) is 5.91 Å². The summed E-state index contributed by atoms with van der Waals surface area (Å²) in [6, 6.07) is 17.3. The number of ether oxygens (including phenoxy) is 1. The monoisotopic (exact) mass is 418 g/mol. The number of hydrogen-bond donors (Lipinski definition) is 1. The van der Waals surface area contributed by atoms with Crippen molar-refractivity contribution in [2.75, 3.05) is 0 Å². The van der Waals surface area contributed by atoms with Crippen LogP contribution in [0.5, 0.6) is 5.75 Å². The van der Waals surface area contributed by atoms with Crippen LogP contribution in [0.15, 0.2) is 65.2 Å². The van der Waals surface area contributed by atoms with Gasteiger partial charge in [-0.3, -0.25) is 4.79 Å². The zero-order chi connectivity index (χ0) is 22.0. The van der Waals surface area contributed by atoms with Crippen LogP contribution in [0.25, 0.3) is 10.8 Å². The number of rotatable bonds is 6. The molecule has 31 heavy (non-hydrogen) atoms. The lowest BCUT2D eigenvalue weighted by Gasteiger charge is -2.17. The quantitative estimate of drug-likeness (QED) is 0.439. The molecule has 3 aromatic carbocycles. The van der Waals surface area contributed by atoms with Gasteiger partial charge in [0.05, 0.1) is 22.9 Å². The summed E-state index contributed by atoms with van der Waals surface area (Å²) >= 11 is 0. The van der Waals surface area contributed by atoms with E-state index in [4.69, 9.17) is 9.26 Å². The van der Waals surface area contributed by atoms with Gasteiger partial charge >= 0.3 is 0 Å². The molecule has 158 valence electrons. The number of carbonyl (C=O) groups is 1. The molecule has 0 spiro atoms. The second-order valence-corrected chi connectivity index (χ2v) is 7.50. The molecule has 6 heteroatoms. The second kappa shape index (κ2) is 8.60. The van der Waals surface area contributed by atoms with Gasteiger partial charge in [-0.2, -0.15) is 0 Å². The smallest absolute Gasteiger partial charge is 0.255 e. The SMILES string of the molecule is Cc1noc(C)c1COc1cc2ccccc2cc1C(=O)N[C@H](C)c1ccccc1F. The summed E-state index contributed by atoms with van der Waals surface area (Å²) in [5, 5.41) is 8.70. The van der Waals surface area contributed by atoms with E-state index in [2.05, 4.69) is 10.5 Å². The Hall–Kier alpha value is -3.67. The van der Waals surface area contributed by atoms with Gasteiger partial charge in [0.15, 0.2) is 0 Å². The minimum absolute atomic E-state index is 0.225. The molecule has 4 rings (SSSR count). The highest BCUT2D eigenvalue weighted by Crippen LogP contribution is 2.28. The van der Waals surface area contributed by atoms with Gasteiger partial charge < -0.3 is 14.6 Å². The van der Waals surface area contributed by atoms with Crippen molar-refractivity contribution in [3.05, 3.63) is 94.6 Å². The number of amides is 1. The fraction of sp³-hybridized carbons (Fsp3) is 0.200. The van der Waals surface area contributed by atoms with Crippen LogP contribution in [0.2, 0.25) is 0 Å². The van der Waals surface area contributed by atoms with Crippen molar-refractivity contribution in [1.82, 2.24) is 10.5 Å². The van der Waals surface area contributed by atoms with Crippen molar-refractivity contribution in [3.8, 4) is 5.75 Å².